The van der Waals surface area contributed by atoms with E-state index < -0.39 is 0 Å². The number of carbonyl (C=O) groups is 2. The minimum Gasteiger partial charge on any atom is -0.337 e. The maximum absolute atomic E-state index is 13.4. The van der Waals surface area contributed by atoms with Gasteiger partial charge in [-0.25, -0.2) is 9.97 Å². The zero-order valence-corrected chi connectivity index (χ0v) is 20.8. The monoisotopic (exact) mass is 491 g/mol. The van der Waals surface area contributed by atoms with E-state index in [2.05, 4.69) is 27.5 Å². The standard InChI is InChI=1S/C30H29N5O2/c1-18-12-29-14-21(29)15-30(13-18,17-29)28(37)35-25-11-23-24(16-31-25)34-26(33-23)19-7-9-22(10-8-19)32-27(36)20-5-3-2-4-6-20/h2-11,16,18,21H,12-15,17H2,1H3,(H,32,36)(H,33,34)(H,31,35,37). The largest absolute Gasteiger partial charge is 0.337 e. The number of aromatic nitrogens is 3. The van der Waals surface area contributed by atoms with Crippen LogP contribution in [0.15, 0.2) is 66.9 Å². The Balaban J connectivity index is 1.06. The fraction of sp³-hybridized carbons (Fsp3) is 0.333. The van der Waals surface area contributed by atoms with Crippen LogP contribution < -0.4 is 10.6 Å². The van der Waals surface area contributed by atoms with Crippen LogP contribution in [0.5, 0.6) is 0 Å². The van der Waals surface area contributed by atoms with E-state index in [9.17, 15) is 9.59 Å². The van der Waals surface area contributed by atoms with Crippen molar-refractivity contribution in [1.82, 2.24) is 15.0 Å². The van der Waals surface area contributed by atoms with Gasteiger partial charge in [0, 0.05) is 22.9 Å². The molecule has 3 fully saturated rings. The Morgan fingerprint density at radius 1 is 0.973 bits per heavy atom. The van der Waals surface area contributed by atoms with Gasteiger partial charge >= 0.3 is 0 Å². The molecule has 3 saturated carbocycles. The fourth-order valence-corrected chi connectivity index (χ4v) is 7.20. The van der Waals surface area contributed by atoms with E-state index in [1.165, 1.54) is 12.8 Å². The lowest BCUT2D eigenvalue weighted by atomic mass is 9.67. The number of H-pyrrole nitrogens is 1. The molecule has 3 aliphatic rings. The normalized spacial score (nSPS) is 27.5. The van der Waals surface area contributed by atoms with Gasteiger partial charge in [0.05, 0.1) is 22.6 Å². The van der Waals surface area contributed by atoms with Crippen molar-refractivity contribution in [2.45, 2.75) is 39.0 Å². The fourth-order valence-electron chi connectivity index (χ4n) is 7.20. The van der Waals surface area contributed by atoms with Crippen LogP contribution in [0, 0.1) is 22.7 Å². The molecule has 3 N–H and O–H groups in total. The smallest absolute Gasteiger partial charge is 0.255 e. The second-order valence-electron chi connectivity index (χ2n) is 11.5. The number of benzene rings is 2. The van der Waals surface area contributed by atoms with Gasteiger partial charge in [0.15, 0.2) is 0 Å². The summed E-state index contributed by atoms with van der Waals surface area (Å²) in [6.07, 6.45) is 7.37. The van der Waals surface area contributed by atoms with Gasteiger partial charge in [-0.3, -0.25) is 9.59 Å². The highest BCUT2D eigenvalue weighted by Crippen LogP contribution is 2.76. The molecule has 37 heavy (non-hydrogen) atoms. The minimum absolute atomic E-state index is 0.126. The molecule has 2 amide bonds. The quantitative estimate of drug-likeness (QED) is 0.317. The second kappa shape index (κ2) is 8.00. The van der Waals surface area contributed by atoms with E-state index in [1.807, 2.05) is 48.5 Å². The van der Waals surface area contributed by atoms with Crippen molar-refractivity contribution in [3.8, 4) is 11.4 Å². The molecule has 4 aromatic rings. The predicted molar refractivity (Wildman–Crippen MR) is 143 cm³/mol. The Morgan fingerprint density at radius 3 is 2.59 bits per heavy atom. The first-order chi connectivity index (χ1) is 17.9. The molecule has 0 saturated heterocycles. The summed E-state index contributed by atoms with van der Waals surface area (Å²) in [5.41, 5.74) is 3.99. The maximum atomic E-state index is 13.4. The molecule has 7 rings (SSSR count). The molecule has 7 nitrogen and oxygen atoms in total. The number of nitrogens with zero attached hydrogens (tertiary/aromatic N) is 2. The van der Waals surface area contributed by atoms with Crippen LogP contribution in [0.3, 0.4) is 0 Å². The van der Waals surface area contributed by atoms with Crippen molar-refractivity contribution in [3.63, 3.8) is 0 Å². The number of amides is 2. The lowest BCUT2D eigenvalue weighted by molar-refractivity contribution is -0.128. The first kappa shape index (κ1) is 22.2. The summed E-state index contributed by atoms with van der Waals surface area (Å²) in [5.74, 6) is 2.58. The van der Waals surface area contributed by atoms with E-state index in [4.69, 9.17) is 4.98 Å². The highest BCUT2D eigenvalue weighted by molar-refractivity contribution is 6.04. The lowest BCUT2D eigenvalue weighted by Crippen LogP contribution is -2.40. The summed E-state index contributed by atoms with van der Waals surface area (Å²) in [4.78, 5) is 38.4. The van der Waals surface area contributed by atoms with Crippen LogP contribution in [-0.4, -0.2) is 26.8 Å². The number of nitrogens with one attached hydrogen (secondary N) is 3. The summed E-state index contributed by atoms with van der Waals surface area (Å²) in [6.45, 7) is 2.29. The first-order valence-electron chi connectivity index (χ1n) is 13.1. The molecule has 2 heterocycles. The molecule has 2 aromatic heterocycles. The lowest BCUT2D eigenvalue weighted by Gasteiger charge is -2.38. The van der Waals surface area contributed by atoms with Crippen LogP contribution in [0.1, 0.15) is 49.4 Å². The molecule has 3 aliphatic carbocycles. The first-order valence-corrected chi connectivity index (χ1v) is 13.1. The van der Waals surface area contributed by atoms with Crippen molar-refractivity contribution < 1.29 is 9.59 Å². The molecule has 0 aliphatic heterocycles. The molecular weight excluding hydrogens is 462 g/mol. The van der Waals surface area contributed by atoms with Gasteiger partial charge in [-0.2, -0.15) is 0 Å². The summed E-state index contributed by atoms with van der Waals surface area (Å²) in [5, 5.41) is 6.04. The SMILES string of the molecule is CC1CC2(C(=O)Nc3cc4nc(-c5ccc(NC(=O)c6ccccc6)cc5)[nH]c4cn3)CC3CC3(C1)C2. The Bertz CT molecular complexity index is 1520. The summed E-state index contributed by atoms with van der Waals surface area (Å²) >= 11 is 0. The molecule has 0 radical (unpaired) electrons. The van der Waals surface area contributed by atoms with Crippen molar-refractivity contribution in [2.24, 2.45) is 22.7 Å². The second-order valence-corrected chi connectivity index (χ2v) is 11.5. The van der Waals surface area contributed by atoms with Crippen molar-refractivity contribution >= 4 is 34.4 Å². The van der Waals surface area contributed by atoms with Gasteiger partial charge in [0.2, 0.25) is 5.91 Å². The van der Waals surface area contributed by atoms with Crippen LogP contribution in [0.2, 0.25) is 0 Å². The van der Waals surface area contributed by atoms with Gasteiger partial charge < -0.3 is 15.6 Å². The molecule has 2 aromatic carbocycles. The van der Waals surface area contributed by atoms with E-state index >= 15 is 0 Å². The number of imidazole rings is 1. The number of anilines is 2. The van der Waals surface area contributed by atoms with E-state index in [0.29, 0.717) is 34.2 Å². The van der Waals surface area contributed by atoms with Crippen LogP contribution >= 0.6 is 0 Å². The van der Waals surface area contributed by atoms with Crippen molar-refractivity contribution in [3.05, 3.63) is 72.4 Å². The Hall–Kier alpha value is -4.00. The van der Waals surface area contributed by atoms with Crippen LogP contribution in [0.25, 0.3) is 22.4 Å². The van der Waals surface area contributed by atoms with Gasteiger partial charge in [-0.15, -0.1) is 0 Å². The third-order valence-corrected chi connectivity index (χ3v) is 8.72. The Labute approximate surface area is 215 Å². The van der Waals surface area contributed by atoms with Gasteiger partial charge in [0.25, 0.3) is 5.91 Å². The number of pyridine rings is 1. The van der Waals surface area contributed by atoms with E-state index in [0.717, 1.165) is 41.8 Å². The molecule has 186 valence electrons. The maximum Gasteiger partial charge on any atom is 0.255 e. The third kappa shape index (κ3) is 3.80. The molecule has 7 heteroatoms. The van der Waals surface area contributed by atoms with Gasteiger partial charge in [-0.05, 0) is 85.8 Å². The minimum atomic E-state index is -0.231. The summed E-state index contributed by atoms with van der Waals surface area (Å²) in [6, 6.07) is 18.5. The van der Waals surface area contributed by atoms with Crippen LogP contribution in [-0.2, 0) is 4.79 Å². The number of hydrogen-bond acceptors (Lipinski definition) is 4. The van der Waals surface area contributed by atoms with Gasteiger partial charge in [0.1, 0.15) is 11.6 Å². The van der Waals surface area contributed by atoms with E-state index in [-0.39, 0.29) is 17.2 Å². The van der Waals surface area contributed by atoms with Crippen molar-refractivity contribution in [1.29, 1.82) is 0 Å². The molecular formula is C30H29N5O2. The number of rotatable bonds is 5. The Morgan fingerprint density at radius 2 is 1.78 bits per heavy atom. The molecule has 4 unspecified atom stereocenters. The number of hydrogen-bond donors (Lipinski definition) is 3. The number of carbonyl (C=O) groups excluding carboxylic acids is 2. The zero-order valence-electron chi connectivity index (χ0n) is 20.8. The van der Waals surface area contributed by atoms with Gasteiger partial charge in [-0.1, -0.05) is 25.1 Å². The summed E-state index contributed by atoms with van der Waals surface area (Å²) in [7, 11) is 0. The van der Waals surface area contributed by atoms with E-state index in [1.54, 1.807) is 18.3 Å². The Kier molecular flexibility index (Phi) is 4.80. The molecule has 4 atom stereocenters. The highest BCUT2D eigenvalue weighted by Gasteiger charge is 2.69. The molecule has 1 spiro atoms. The summed E-state index contributed by atoms with van der Waals surface area (Å²) < 4.78 is 0. The topological polar surface area (TPSA) is 99.8 Å². The average molecular weight is 492 g/mol. The average Bonchev–Trinajstić information content (AvgIpc) is 3.23. The zero-order chi connectivity index (χ0) is 25.2. The number of fused-ring (bicyclic) bond motifs is 2. The third-order valence-electron chi connectivity index (χ3n) is 8.72. The predicted octanol–water partition coefficient (Wildman–Crippen LogP) is 6.03. The molecule has 2 bridgehead atoms. The van der Waals surface area contributed by atoms with Crippen LogP contribution in [0.4, 0.5) is 11.5 Å². The number of aromatic amines is 1. The van der Waals surface area contributed by atoms with Crippen molar-refractivity contribution in [2.75, 3.05) is 10.6 Å². The highest BCUT2D eigenvalue weighted by atomic mass is 16.2.